The average molecular weight is 362 g/mol. The number of thiazole rings is 1. The number of rotatable bonds is 5. The molecule has 0 radical (unpaired) electrons. The number of hydrogen-bond donors (Lipinski definition) is 1. The largest absolute Gasteiger partial charge is 0.262 e. The maximum atomic E-state index is 12.0. The Morgan fingerprint density at radius 1 is 1.42 bits per heavy atom. The highest BCUT2D eigenvalue weighted by atomic mass is 79.9. The lowest BCUT2D eigenvalue weighted by Gasteiger charge is -2.05. The second-order valence-electron chi connectivity index (χ2n) is 3.87. The summed E-state index contributed by atoms with van der Waals surface area (Å²) in [5.74, 6) is 0. The van der Waals surface area contributed by atoms with Crippen LogP contribution in [0, 0.1) is 6.92 Å². The summed E-state index contributed by atoms with van der Waals surface area (Å²) in [5, 5.41) is 2.87. The Bertz CT molecular complexity index is 670. The smallest absolute Gasteiger partial charge is 0.242 e. The van der Waals surface area contributed by atoms with Crippen molar-refractivity contribution in [2.45, 2.75) is 18.2 Å². The van der Waals surface area contributed by atoms with Crippen LogP contribution in [-0.4, -0.2) is 24.9 Å². The van der Waals surface area contributed by atoms with Gasteiger partial charge in [-0.05, 0) is 28.9 Å². The molecule has 5 nitrogen and oxygen atoms in total. The lowest BCUT2D eigenvalue weighted by Crippen LogP contribution is -2.26. The normalized spacial score (nSPS) is 11.7. The van der Waals surface area contributed by atoms with Gasteiger partial charge in [0.05, 0.1) is 5.01 Å². The van der Waals surface area contributed by atoms with Gasteiger partial charge in [-0.1, -0.05) is 0 Å². The van der Waals surface area contributed by atoms with E-state index in [4.69, 9.17) is 0 Å². The first-order valence-electron chi connectivity index (χ1n) is 5.48. The average Bonchev–Trinajstić information content (AvgIpc) is 2.75. The van der Waals surface area contributed by atoms with Crippen molar-refractivity contribution < 1.29 is 8.42 Å². The van der Waals surface area contributed by atoms with Crippen LogP contribution >= 0.6 is 27.3 Å². The minimum Gasteiger partial charge on any atom is -0.262 e. The van der Waals surface area contributed by atoms with Crippen LogP contribution in [0.3, 0.4) is 0 Å². The van der Waals surface area contributed by atoms with Crippen molar-refractivity contribution in [3.05, 3.63) is 39.0 Å². The second-order valence-corrected chi connectivity index (χ2v) is 7.49. The summed E-state index contributed by atoms with van der Waals surface area (Å²) in [5.41, 5.74) is 0.957. The fourth-order valence-electron chi connectivity index (χ4n) is 1.43. The molecular weight excluding hydrogens is 350 g/mol. The predicted molar refractivity (Wildman–Crippen MR) is 77.7 cm³/mol. The number of aryl methyl sites for hydroxylation is 1. The van der Waals surface area contributed by atoms with E-state index >= 15 is 0 Å². The zero-order valence-corrected chi connectivity index (χ0v) is 13.3. The van der Waals surface area contributed by atoms with Gasteiger partial charge < -0.3 is 0 Å². The topological polar surface area (TPSA) is 72.0 Å². The van der Waals surface area contributed by atoms with Crippen molar-refractivity contribution in [3.63, 3.8) is 0 Å². The number of pyridine rings is 1. The summed E-state index contributed by atoms with van der Waals surface area (Å²) < 4.78 is 27.2. The van der Waals surface area contributed by atoms with Crippen molar-refractivity contribution >= 4 is 37.3 Å². The van der Waals surface area contributed by atoms with Gasteiger partial charge >= 0.3 is 0 Å². The summed E-state index contributed by atoms with van der Waals surface area (Å²) in [6, 6.07) is 1.52. The summed E-state index contributed by atoms with van der Waals surface area (Å²) in [6.45, 7) is 2.24. The van der Waals surface area contributed by atoms with Crippen LogP contribution in [0.25, 0.3) is 0 Å². The Morgan fingerprint density at radius 3 is 2.84 bits per heavy atom. The molecule has 102 valence electrons. The lowest BCUT2D eigenvalue weighted by molar-refractivity contribution is 0.581. The Kier molecular flexibility index (Phi) is 4.67. The molecule has 0 aromatic carbocycles. The Labute approximate surface area is 124 Å². The number of nitrogens with one attached hydrogen (secondary N) is 1. The van der Waals surface area contributed by atoms with E-state index in [1.165, 1.54) is 29.8 Å². The lowest BCUT2D eigenvalue weighted by atomic mass is 10.4. The van der Waals surface area contributed by atoms with Crippen molar-refractivity contribution in [3.8, 4) is 0 Å². The minimum absolute atomic E-state index is 0.150. The highest BCUT2D eigenvalue weighted by molar-refractivity contribution is 9.10. The van der Waals surface area contributed by atoms with Crippen LogP contribution in [0.5, 0.6) is 0 Å². The molecule has 8 heteroatoms. The number of hydrogen-bond acceptors (Lipinski definition) is 5. The number of nitrogens with zero attached hydrogens (tertiary/aromatic N) is 2. The Hall–Kier alpha value is -0.830. The van der Waals surface area contributed by atoms with Gasteiger partial charge in [-0.25, -0.2) is 18.1 Å². The molecular formula is C11H12BrN3O2S2. The van der Waals surface area contributed by atoms with Gasteiger partial charge in [0.1, 0.15) is 4.90 Å². The predicted octanol–water partition coefficient (Wildman–Crippen LogP) is 2.13. The van der Waals surface area contributed by atoms with E-state index in [0.29, 0.717) is 17.4 Å². The summed E-state index contributed by atoms with van der Waals surface area (Å²) in [4.78, 5) is 8.27. The van der Waals surface area contributed by atoms with Crippen LogP contribution < -0.4 is 4.72 Å². The molecule has 0 fully saturated rings. The molecule has 0 aliphatic carbocycles. The van der Waals surface area contributed by atoms with E-state index in [1.54, 1.807) is 0 Å². The van der Waals surface area contributed by atoms with E-state index in [1.807, 2.05) is 12.3 Å². The molecule has 0 spiro atoms. The highest BCUT2D eigenvalue weighted by Gasteiger charge is 2.14. The molecule has 0 aliphatic rings. The molecule has 1 N–H and O–H groups in total. The number of aromatic nitrogens is 2. The summed E-state index contributed by atoms with van der Waals surface area (Å²) in [6.07, 6.45) is 3.44. The fraction of sp³-hybridized carbons (Fsp3) is 0.273. The summed E-state index contributed by atoms with van der Waals surface area (Å²) in [7, 11) is -3.51. The number of sulfonamides is 1. The van der Waals surface area contributed by atoms with Gasteiger partial charge in [0.2, 0.25) is 10.0 Å². The second kappa shape index (κ2) is 6.08. The molecule has 2 aromatic rings. The summed E-state index contributed by atoms with van der Waals surface area (Å²) >= 11 is 4.73. The monoisotopic (exact) mass is 361 g/mol. The molecule has 2 aromatic heterocycles. The van der Waals surface area contributed by atoms with Crippen molar-refractivity contribution in [1.82, 2.24) is 14.7 Å². The standard InChI is InChI=1S/C11H12BrN3O2S2/c1-8-7-18-11(15-8)2-3-14-19(16,17)10-4-9(12)5-13-6-10/h4-7,14H,2-3H2,1H3. The molecule has 0 saturated heterocycles. The number of halogens is 1. The fourth-order valence-corrected chi connectivity index (χ4v) is 3.74. The van der Waals surface area contributed by atoms with Crippen LogP contribution in [-0.2, 0) is 16.4 Å². The molecule has 0 bridgehead atoms. The molecule has 0 amide bonds. The molecule has 0 unspecified atom stereocenters. The van der Waals surface area contributed by atoms with Crippen LogP contribution in [0.4, 0.5) is 0 Å². The van der Waals surface area contributed by atoms with Gasteiger partial charge in [0.25, 0.3) is 0 Å². The van der Waals surface area contributed by atoms with Crippen molar-refractivity contribution in [1.29, 1.82) is 0 Å². The molecule has 2 rings (SSSR count). The van der Waals surface area contributed by atoms with Gasteiger partial charge in [0.15, 0.2) is 0 Å². The van der Waals surface area contributed by atoms with Gasteiger partial charge in [-0.3, -0.25) is 4.98 Å². The molecule has 2 heterocycles. The Balaban J connectivity index is 1.98. The van der Waals surface area contributed by atoms with Crippen LogP contribution in [0.1, 0.15) is 10.7 Å². The molecule has 0 saturated carbocycles. The minimum atomic E-state index is -3.51. The van der Waals surface area contributed by atoms with Crippen molar-refractivity contribution in [2.75, 3.05) is 6.54 Å². The highest BCUT2D eigenvalue weighted by Crippen LogP contribution is 2.14. The van der Waals surface area contributed by atoms with Crippen LogP contribution in [0.15, 0.2) is 33.2 Å². The molecule has 19 heavy (non-hydrogen) atoms. The van der Waals surface area contributed by atoms with Crippen molar-refractivity contribution in [2.24, 2.45) is 0 Å². The third-order valence-corrected chi connectivity index (χ3v) is 5.18. The molecule has 0 atom stereocenters. The van der Waals surface area contributed by atoms with E-state index in [2.05, 4.69) is 30.6 Å². The first-order valence-corrected chi connectivity index (χ1v) is 8.64. The SMILES string of the molecule is Cc1csc(CCNS(=O)(=O)c2cncc(Br)c2)n1. The van der Waals surface area contributed by atoms with Gasteiger partial charge in [-0.2, -0.15) is 0 Å². The third-order valence-electron chi connectivity index (χ3n) is 2.29. The first-order chi connectivity index (χ1) is 8.97. The zero-order chi connectivity index (χ0) is 13.9. The molecule has 0 aliphatic heterocycles. The van der Waals surface area contributed by atoms with Crippen LogP contribution in [0.2, 0.25) is 0 Å². The van der Waals surface area contributed by atoms with Gasteiger partial charge in [0, 0.05) is 40.9 Å². The maximum Gasteiger partial charge on any atom is 0.242 e. The Morgan fingerprint density at radius 2 is 2.21 bits per heavy atom. The zero-order valence-electron chi connectivity index (χ0n) is 10.1. The van der Waals surface area contributed by atoms with E-state index in [-0.39, 0.29) is 4.90 Å². The van der Waals surface area contributed by atoms with E-state index < -0.39 is 10.0 Å². The van der Waals surface area contributed by atoms with E-state index in [0.717, 1.165) is 10.7 Å². The quantitative estimate of drug-likeness (QED) is 0.885. The van der Waals surface area contributed by atoms with Gasteiger partial charge in [-0.15, -0.1) is 11.3 Å². The third kappa shape index (κ3) is 4.07. The first kappa shape index (κ1) is 14.6. The van der Waals surface area contributed by atoms with E-state index in [9.17, 15) is 8.42 Å². The maximum absolute atomic E-state index is 12.0.